The zero-order valence-corrected chi connectivity index (χ0v) is 13.7. The van der Waals surface area contributed by atoms with Crippen molar-refractivity contribution in [2.45, 2.75) is 31.9 Å². The average molecular weight is 338 g/mol. The van der Waals surface area contributed by atoms with Crippen LogP contribution in [-0.4, -0.2) is 43.4 Å². The van der Waals surface area contributed by atoms with Crippen LogP contribution in [0.15, 0.2) is 18.2 Å². The van der Waals surface area contributed by atoms with E-state index < -0.39 is 33.3 Å². The maximum atomic E-state index is 12.5. The standard InChI is InChI=1S/C15H18N2O5S/c1-9-3-4-12-11(7-9)17-14(19)15(2,22-12)13(18)16-10-5-6-23(20,21)8-10/h3-4,7,10H,5-6,8H2,1-2H3,(H,16,18)(H,17,19). The fraction of sp³-hybridized carbons (Fsp3) is 0.467. The van der Waals surface area contributed by atoms with E-state index in [0.29, 0.717) is 17.9 Å². The Morgan fingerprint density at radius 2 is 2.17 bits per heavy atom. The van der Waals surface area contributed by atoms with Crippen molar-refractivity contribution in [1.29, 1.82) is 0 Å². The molecule has 2 aliphatic heterocycles. The summed E-state index contributed by atoms with van der Waals surface area (Å²) in [6.07, 6.45) is 0.349. The number of rotatable bonds is 2. The van der Waals surface area contributed by atoms with Gasteiger partial charge in [0.1, 0.15) is 5.75 Å². The Morgan fingerprint density at radius 3 is 2.83 bits per heavy atom. The van der Waals surface area contributed by atoms with Gasteiger partial charge in [0.2, 0.25) is 0 Å². The highest BCUT2D eigenvalue weighted by Crippen LogP contribution is 2.34. The molecule has 2 atom stereocenters. The molecule has 3 rings (SSSR count). The van der Waals surface area contributed by atoms with Crippen LogP contribution in [-0.2, 0) is 19.4 Å². The van der Waals surface area contributed by atoms with E-state index in [1.807, 2.05) is 13.0 Å². The number of ether oxygens (including phenoxy) is 1. The van der Waals surface area contributed by atoms with E-state index in [-0.39, 0.29) is 11.5 Å². The lowest BCUT2D eigenvalue weighted by Crippen LogP contribution is -2.60. The van der Waals surface area contributed by atoms with Crippen molar-refractivity contribution in [3.05, 3.63) is 23.8 Å². The summed E-state index contributed by atoms with van der Waals surface area (Å²) in [5.74, 6) is -0.861. The average Bonchev–Trinajstić information content (AvgIpc) is 2.79. The first-order chi connectivity index (χ1) is 10.7. The van der Waals surface area contributed by atoms with Crippen LogP contribution >= 0.6 is 0 Å². The fourth-order valence-electron chi connectivity index (χ4n) is 2.72. The van der Waals surface area contributed by atoms with Crippen molar-refractivity contribution in [3.8, 4) is 5.75 Å². The van der Waals surface area contributed by atoms with Gasteiger partial charge in [0.25, 0.3) is 17.4 Å². The SMILES string of the molecule is Cc1ccc2c(c1)NC(=O)C(C)(C(=O)NC1CCS(=O)(=O)C1)O2. The fourth-order valence-corrected chi connectivity index (χ4v) is 4.39. The molecule has 2 amide bonds. The van der Waals surface area contributed by atoms with Crippen molar-refractivity contribution >= 4 is 27.3 Å². The number of hydrogen-bond donors (Lipinski definition) is 2. The highest BCUT2D eigenvalue weighted by atomic mass is 32.2. The molecule has 0 spiro atoms. The molecule has 0 radical (unpaired) electrons. The summed E-state index contributed by atoms with van der Waals surface area (Å²) >= 11 is 0. The molecule has 2 unspecified atom stereocenters. The van der Waals surface area contributed by atoms with Crippen LogP contribution in [0.5, 0.6) is 5.75 Å². The molecule has 2 N–H and O–H groups in total. The number of benzene rings is 1. The third-order valence-electron chi connectivity index (χ3n) is 4.13. The second kappa shape index (κ2) is 5.23. The largest absolute Gasteiger partial charge is 0.466 e. The predicted molar refractivity (Wildman–Crippen MR) is 84.0 cm³/mol. The van der Waals surface area contributed by atoms with E-state index in [9.17, 15) is 18.0 Å². The van der Waals surface area contributed by atoms with Crippen LogP contribution in [0.25, 0.3) is 0 Å². The molecule has 8 heteroatoms. The summed E-state index contributed by atoms with van der Waals surface area (Å²) in [5, 5.41) is 5.28. The Labute approximate surface area is 134 Å². The minimum Gasteiger partial charge on any atom is -0.466 e. The lowest BCUT2D eigenvalue weighted by Gasteiger charge is -2.34. The molecular weight excluding hydrogens is 320 g/mol. The van der Waals surface area contributed by atoms with Gasteiger partial charge < -0.3 is 15.4 Å². The van der Waals surface area contributed by atoms with E-state index in [2.05, 4.69) is 10.6 Å². The molecule has 1 fully saturated rings. The predicted octanol–water partition coefficient (Wildman–Crippen LogP) is 0.388. The summed E-state index contributed by atoms with van der Waals surface area (Å²) < 4.78 is 28.6. The summed E-state index contributed by atoms with van der Waals surface area (Å²) in [7, 11) is -3.11. The van der Waals surface area contributed by atoms with E-state index in [1.54, 1.807) is 12.1 Å². The van der Waals surface area contributed by atoms with Crippen molar-refractivity contribution in [3.63, 3.8) is 0 Å². The van der Waals surface area contributed by atoms with Crippen LogP contribution in [0.4, 0.5) is 5.69 Å². The summed E-state index contributed by atoms with van der Waals surface area (Å²) in [6, 6.07) is 4.78. The van der Waals surface area contributed by atoms with Crippen LogP contribution in [0, 0.1) is 6.92 Å². The van der Waals surface area contributed by atoms with Crippen molar-refractivity contribution in [2.24, 2.45) is 0 Å². The monoisotopic (exact) mass is 338 g/mol. The Bertz CT molecular complexity index is 789. The number of aryl methyl sites for hydroxylation is 1. The van der Waals surface area contributed by atoms with Crippen LogP contribution in [0.1, 0.15) is 18.9 Å². The molecule has 1 saturated heterocycles. The topological polar surface area (TPSA) is 102 Å². The van der Waals surface area contributed by atoms with Gasteiger partial charge in [0.05, 0.1) is 17.2 Å². The highest BCUT2D eigenvalue weighted by Gasteiger charge is 2.48. The number of carbonyl (C=O) groups is 2. The maximum absolute atomic E-state index is 12.5. The van der Waals surface area contributed by atoms with Crippen molar-refractivity contribution in [2.75, 3.05) is 16.8 Å². The molecule has 1 aromatic carbocycles. The highest BCUT2D eigenvalue weighted by molar-refractivity contribution is 7.91. The zero-order valence-electron chi connectivity index (χ0n) is 12.9. The lowest BCUT2D eigenvalue weighted by molar-refractivity contribution is -0.147. The molecule has 2 heterocycles. The van der Waals surface area contributed by atoms with E-state index in [4.69, 9.17) is 4.74 Å². The smallest absolute Gasteiger partial charge is 0.278 e. The quantitative estimate of drug-likeness (QED) is 0.760. The Hall–Kier alpha value is -2.09. The molecule has 0 aliphatic carbocycles. The molecule has 124 valence electrons. The Kier molecular flexibility index (Phi) is 3.59. The molecule has 23 heavy (non-hydrogen) atoms. The summed E-state index contributed by atoms with van der Waals surface area (Å²) in [5.41, 5.74) is -0.255. The number of amides is 2. The minimum absolute atomic E-state index is 0.0455. The first-order valence-electron chi connectivity index (χ1n) is 7.32. The van der Waals surface area contributed by atoms with Gasteiger partial charge in [0, 0.05) is 6.04 Å². The first-order valence-corrected chi connectivity index (χ1v) is 9.14. The van der Waals surface area contributed by atoms with Crippen LogP contribution in [0.3, 0.4) is 0 Å². The third-order valence-corrected chi connectivity index (χ3v) is 5.90. The second-order valence-electron chi connectivity index (χ2n) is 6.16. The summed E-state index contributed by atoms with van der Waals surface area (Å²) in [6.45, 7) is 3.26. The molecular formula is C15H18N2O5S. The Balaban J connectivity index is 1.80. The van der Waals surface area contributed by atoms with Gasteiger partial charge in [-0.25, -0.2) is 8.42 Å². The minimum atomic E-state index is -3.11. The zero-order chi connectivity index (χ0) is 16.8. The molecule has 0 saturated carbocycles. The molecule has 7 nitrogen and oxygen atoms in total. The normalized spacial score (nSPS) is 28.4. The van der Waals surface area contributed by atoms with Crippen molar-refractivity contribution < 1.29 is 22.7 Å². The van der Waals surface area contributed by atoms with Gasteiger partial charge in [-0.2, -0.15) is 0 Å². The lowest BCUT2D eigenvalue weighted by atomic mass is 10.0. The van der Waals surface area contributed by atoms with Gasteiger partial charge >= 0.3 is 0 Å². The molecule has 1 aromatic rings. The molecule has 0 bridgehead atoms. The summed E-state index contributed by atoms with van der Waals surface area (Å²) in [4.78, 5) is 24.8. The van der Waals surface area contributed by atoms with Gasteiger partial charge in [-0.15, -0.1) is 0 Å². The van der Waals surface area contributed by atoms with E-state index in [0.717, 1.165) is 5.56 Å². The number of sulfone groups is 1. The maximum Gasteiger partial charge on any atom is 0.278 e. The number of hydrogen-bond acceptors (Lipinski definition) is 5. The van der Waals surface area contributed by atoms with Crippen LogP contribution in [0.2, 0.25) is 0 Å². The van der Waals surface area contributed by atoms with Crippen molar-refractivity contribution in [1.82, 2.24) is 5.32 Å². The number of nitrogens with one attached hydrogen (secondary N) is 2. The van der Waals surface area contributed by atoms with E-state index in [1.165, 1.54) is 6.92 Å². The first kappa shape index (κ1) is 15.8. The number of carbonyl (C=O) groups excluding carboxylic acids is 2. The van der Waals surface area contributed by atoms with Gasteiger partial charge in [-0.05, 0) is 38.0 Å². The number of anilines is 1. The van der Waals surface area contributed by atoms with Gasteiger partial charge in [0.15, 0.2) is 9.84 Å². The third kappa shape index (κ3) is 2.90. The molecule has 2 aliphatic rings. The van der Waals surface area contributed by atoms with E-state index >= 15 is 0 Å². The van der Waals surface area contributed by atoms with Gasteiger partial charge in [-0.1, -0.05) is 6.07 Å². The second-order valence-corrected chi connectivity index (χ2v) is 8.39. The number of fused-ring (bicyclic) bond motifs is 1. The van der Waals surface area contributed by atoms with Gasteiger partial charge in [-0.3, -0.25) is 9.59 Å². The molecule has 0 aromatic heterocycles. The Morgan fingerprint density at radius 1 is 1.43 bits per heavy atom. The van der Waals surface area contributed by atoms with Crippen LogP contribution < -0.4 is 15.4 Å².